The molecule has 33 heavy (non-hydrogen) atoms. The lowest BCUT2D eigenvalue weighted by atomic mass is 10.1. The van der Waals surface area contributed by atoms with E-state index in [1.807, 2.05) is 37.8 Å². The molecular weight excluding hydrogens is 426 g/mol. The average molecular weight is 453 g/mol. The lowest BCUT2D eigenvalue weighted by Crippen LogP contribution is -2.50. The highest BCUT2D eigenvalue weighted by Gasteiger charge is 2.46. The van der Waals surface area contributed by atoms with E-state index in [0.29, 0.717) is 23.9 Å². The Balaban J connectivity index is 1.35. The minimum atomic E-state index is -0.785. The maximum atomic E-state index is 13.0. The number of aromatic nitrogens is 2. The molecule has 1 N–H and O–H groups in total. The predicted molar refractivity (Wildman–Crippen MR) is 120 cm³/mol. The van der Waals surface area contributed by atoms with Crippen molar-refractivity contribution < 1.29 is 19.1 Å². The molecule has 2 bridgehead atoms. The smallest absolute Gasteiger partial charge is 0.410 e. The van der Waals surface area contributed by atoms with Crippen molar-refractivity contribution in [2.45, 2.75) is 63.8 Å². The molecule has 1 aromatic heterocycles. The molecule has 0 aliphatic carbocycles. The van der Waals surface area contributed by atoms with Crippen LogP contribution in [0.25, 0.3) is 10.8 Å². The number of hydrogen-bond donors (Lipinski definition) is 1. The summed E-state index contributed by atoms with van der Waals surface area (Å²) >= 11 is 0. The number of carbonyl (C=O) groups is 3. The molecule has 5 rings (SSSR count). The van der Waals surface area contributed by atoms with Gasteiger partial charge in [0.15, 0.2) is 0 Å². The summed E-state index contributed by atoms with van der Waals surface area (Å²) in [6.07, 6.45) is 2.63. The second-order valence-electron chi connectivity index (χ2n) is 9.96. The number of fused-ring (bicyclic) bond motifs is 3. The van der Waals surface area contributed by atoms with Crippen molar-refractivity contribution in [1.29, 1.82) is 0 Å². The number of benzene rings is 1. The minimum Gasteiger partial charge on any atom is -0.444 e. The third-order valence-electron chi connectivity index (χ3n) is 6.50. The van der Waals surface area contributed by atoms with Gasteiger partial charge in [0, 0.05) is 36.6 Å². The molecule has 0 spiro atoms. The fraction of sp³-hybridized carbons (Fsp3) is 0.522. The number of nitrogens with one attached hydrogen (secondary N) is 1. The molecule has 4 heterocycles. The molecule has 3 aliphatic rings. The van der Waals surface area contributed by atoms with Crippen LogP contribution in [0.1, 0.15) is 46.1 Å². The van der Waals surface area contributed by atoms with E-state index >= 15 is 0 Å². The third-order valence-corrected chi connectivity index (χ3v) is 6.50. The number of anilines is 1. The first-order valence-corrected chi connectivity index (χ1v) is 11.2. The quantitative estimate of drug-likeness (QED) is 0.687. The van der Waals surface area contributed by atoms with Crippen molar-refractivity contribution in [2.24, 2.45) is 0 Å². The van der Waals surface area contributed by atoms with Crippen molar-refractivity contribution in [1.82, 2.24) is 20.0 Å². The number of carbonyl (C=O) groups excluding carboxylic acids is 3. The molecule has 2 aromatic rings. The zero-order chi connectivity index (χ0) is 23.5. The molecule has 10 nitrogen and oxygen atoms in total. The maximum Gasteiger partial charge on any atom is 0.410 e. The summed E-state index contributed by atoms with van der Waals surface area (Å²) < 4.78 is 6.70. The predicted octanol–water partition coefficient (Wildman–Crippen LogP) is 1.57. The number of ether oxygens (including phenoxy) is 1. The summed E-state index contributed by atoms with van der Waals surface area (Å²) in [7, 11) is 0. The van der Waals surface area contributed by atoms with E-state index < -0.39 is 17.6 Å². The van der Waals surface area contributed by atoms with Crippen LogP contribution in [0.4, 0.5) is 10.5 Å². The number of hydrogen-bond acceptors (Lipinski definition) is 7. The van der Waals surface area contributed by atoms with Gasteiger partial charge in [0.05, 0.1) is 17.6 Å². The normalized spacial score (nSPS) is 25.0. The molecule has 3 aliphatic heterocycles. The van der Waals surface area contributed by atoms with E-state index in [-0.39, 0.29) is 42.5 Å². The first-order chi connectivity index (χ1) is 15.6. The van der Waals surface area contributed by atoms with Crippen LogP contribution in [0, 0.1) is 0 Å². The van der Waals surface area contributed by atoms with E-state index in [2.05, 4.69) is 15.3 Å². The summed E-state index contributed by atoms with van der Waals surface area (Å²) in [5.74, 6) is -0.834. The Morgan fingerprint density at radius 2 is 1.94 bits per heavy atom. The molecule has 3 saturated heterocycles. The summed E-state index contributed by atoms with van der Waals surface area (Å²) in [5, 5.41) is 7.66. The second kappa shape index (κ2) is 7.57. The van der Waals surface area contributed by atoms with Crippen LogP contribution < -0.4 is 15.8 Å². The molecule has 174 valence electrons. The van der Waals surface area contributed by atoms with Crippen molar-refractivity contribution in [3.63, 3.8) is 0 Å². The van der Waals surface area contributed by atoms with Gasteiger partial charge >= 0.3 is 6.09 Å². The fourth-order valence-electron chi connectivity index (χ4n) is 5.00. The van der Waals surface area contributed by atoms with Gasteiger partial charge in [-0.15, -0.1) is 0 Å². The lowest BCUT2D eigenvalue weighted by molar-refractivity contribution is -0.136. The first-order valence-electron chi connectivity index (χ1n) is 11.2. The average Bonchev–Trinajstić information content (AvgIpc) is 3.34. The topological polar surface area (TPSA) is 114 Å². The Morgan fingerprint density at radius 1 is 1.15 bits per heavy atom. The van der Waals surface area contributed by atoms with Crippen molar-refractivity contribution >= 4 is 34.4 Å². The van der Waals surface area contributed by atoms with Gasteiger partial charge in [-0.1, -0.05) is 0 Å². The molecule has 0 saturated carbocycles. The van der Waals surface area contributed by atoms with Gasteiger partial charge < -0.3 is 14.5 Å². The highest BCUT2D eigenvalue weighted by atomic mass is 16.6. The number of imide groups is 1. The van der Waals surface area contributed by atoms with E-state index in [4.69, 9.17) is 4.74 Å². The van der Waals surface area contributed by atoms with E-state index in [9.17, 15) is 19.2 Å². The van der Waals surface area contributed by atoms with Gasteiger partial charge in [0.2, 0.25) is 5.91 Å². The first kappa shape index (κ1) is 21.4. The van der Waals surface area contributed by atoms with Crippen LogP contribution in [-0.4, -0.2) is 63.4 Å². The second-order valence-corrected chi connectivity index (χ2v) is 9.96. The maximum absolute atomic E-state index is 13.0. The molecular formula is C23H27N5O5. The summed E-state index contributed by atoms with van der Waals surface area (Å²) in [6.45, 7) is 6.90. The van der Waals surface area contributed by atoms with Crippen LogP contribution in [0.2, 0.25) is 0 Å². The zero-order valence-corrected chi connectivity index (χ0v) is 18.9. The van der Waals surface area contributed by atoms with Gasteiger partial charge in [0.25, 0.3) is 11.5 Å². The van der Waals surface area contributed by atoms with Gasteiger partial charge in [-0.2, -0.15) is 5.10 Å². The van der Waals surface area contributed by atoms with Crippen LogP contribution in [0.5, 0.6) is 0 Å². The van der Waals surface area contributed by atoms with Crippen LogP contribution >= 0.6 is 0 Å². The number of piperidine rings is 1. The number of likely N-dealkylation sites (tertiary alicyclic amines) is 1. The monoisotopic (exact) mass is 453 g/mol. The largest absolute Gasteiger partial charge is 0.444 e. The Morgan fingerprint density at radius 3 is 2.61 bits per heavy atom. The van der Waals surface area contributed by atoms with Gasteiger partial charge in [-0.05, 0) is 51.8 Å². The Labute approximate surface area is 190 Å². The van der Waals surface area contributed by atoms with Crippen molar-refractivity contribution in [2.75, 3.05) is 18.0 Å². The van der Waals surface area contributed by atoms with Crippen molar-refractivity contribution in [3.05, 3.63) is 34.7 Å². The zero-order valence-electron chi connectivity index (χ0n) is 18.9. The number of amides is 3. The number of piperazine rings is 1. The Kier molecular flexibility index (Phi) is 4.91. The van der Waals surface area contributed by atoms with Gasteiger partial charge in [0.1, 0.15) is 11.6 Å². The van der Waals surface area contributed by atoms with Crippen LogP contribution in [0.15, 0.2) is 29.2 Å². The van der Waals surface area contributed by atoms with E-state index in [1.165, 1.54) is 4.68 Å². The molecule has 3 atom stereocenters. The SMILES string of the molecule is CC(C)(C)OC(=O)N1CC2CC1CN2c1ccc2c(=O)n(C3CCC(=O)NC3=O)ncc2c1. The van der Waals surface area contributed by atoms with Gasteiger partial charge in [-0.3, -0.25) is 19.7 Å². The third kappa shape index (κ3) is 3.83. The van der Waals surface area contributed by atoms with Crippen LogP contribution in [0.3, 0.4) is 0 Å². The summed E-state index contributed by atoms with van der Waals surface area (Å²) in [6, 6.07) is 5.09. The molecule has 10 heteroatoms. The van der Waals surface area contributed by atoms with Gasteiger partial charge in [-0.25, -0.2) is 9.48 Å². The number of rotatable bonds is 2. The van der Waals surface area contributed by atoms with E-state index in [0.717, 1.165) is 12.1 Å². The Bertz CT molecular complexity index is 1220. The number of nitrogens with zero attached hydrogens (tertiary/aromatic N) is 4. The van der Waals surface area contributed by atoms with E-state index in [1.54, 1.807) is 12.3 Å². The minimum absolute atomic E-state index is 0.0965. The summed E-state index contributed by atoms with van der Waals surface area (Å²) in [4.78, 5) is 53.2. The molecule has 3 unspecified atom stereocenters. The molecule has 0 radical (unpaired) electrons. The Hall–Kier alpha value is -3.43. The molecule has 3 amide bonds. The van der Waals surface area contributed by atoms with Crippen LogP contribution in [-0.2, 0) is 14.3 Å². The molecule has 1 aromatic carbocycles. The highest BCUT2D eigenvalue weighted by molar-refractivity contribution is 5.99. The van der Waals surface area contributed by atoms with Crippen molar-refractivity contribution in [3.8, 4) is 0 Å². The summed E-state index contributed by atoms with van der Waals surface area (Å²) in [5.41, 5.74) is 0.0939. The highest BCUT2D eigenvalue weighted by Crippen LogP contribution is 2.36. The lowest BCUT2D eigenvalue weighted by Gasteiger charge is -2.36. The standard InChI is InChI=1S/C23H27N5O5/c1-23(2,3)33-22(32)27-12-15-9-16(27)11-26(15)14-4-5-17-13(8-14)10-24-28(21(17)31)18-6-7-19(29)25-20(18)30/h4-5,8,10,15-16,18H,6-7,9,11-12H2,1-3H3,(H,25,29,30). The fourth-order valence-corrected chi connectivity index (χ4v) is 5.00. The molecule has 3 fully saturated rings.